The molecule has 3 nitrogen and oxygen atoms in total. The molecule has 4 aromatic rings. The number of rotatable bonds is 7. The lowest BCUT2D eigenvalue weighted by Crippen LogP contribution is -2.21. The fourth-order valence-electron chi connectivity index (χ4n) is 3.81. The number of benzene rings is 3. The van der Waals surface area contributed by atoms with Crippen LogP contribution in [0.25, 0.3) is 11.4 Å². The molecule has 0 saturated heterocycles. The Kier molecular flexibility index (Phi) is 7.54. The summed E-state index contributed by atoms with van der Waals surface area (Å²) in [6.45, 7) is 3.80. The maximum atomic E-state index is 15.6. The van der Waals surface area contributed by atoms with E-state index in [1.807, 2.05) is 19.9 Å². The van der Waals surface area contributed by atoms with Gasteiger partial charge >= 0.3 is 0 Å². The van der Waals surface area contributed by atoms with E-state index in [9.17, 15) is 8.78 Å². The van der Waals surface area contributed by atoms with Gasteiger partial charge in [-0.2, -0.15) is 0 Å². The molecule has 0 spiro atoms. The van der Waals surface area contributed by atoms with Crippen molar-refractivity contribution in [1.29, 1.82) is 0 Å². The number of thioether (sulfide) groups is 1. The molecule has 0 amide bonds. The van der Waals surface area contributed by atoms with Crippen LogP contribution in [0.4, 0.5) is 13.2 Å². The Hall–Kier alpha value is -2.42. The van der Waals surface area contributed by atoms with Gasteiger partial charge in [-0.1, -0.05) is 47.4 Å². The lowest BCUT2D eigenvalue weighted by molar-refractivity contribution is 0.413. The summed E-state index contributed by atoms with van der Waals surface area (Å²) in [6.07, 6.45) is 3.26. The Labute approximate surface area is 219 Å². The van der Waals surface area contributed by atoms with Gasteiger partial charge in [0.05, 0.1) is 12.1 Å². The summed E-state index contributed by atoms with van der Waals surface area (Å²) in [7, 11) is 1.52. The van der Waals surface area contributed by atoms with Crippen LogP contribution in [0.1, 0.15) is 30.5 Å². The molecule has 182 valence electrons. The van der Waals surface area contributed by atoms with Gasteiger partial charge in [0, 0.05) is 44.1 Å². The number of ether oxygens (including phenoxy) is 1. The van der Waals surface area contributed by atoms with E-state index in [1.54, 1.807) is 30.6 Å². The van der Waals surface area contributed by atoms with E-state index in [0.717, 1.165) is 17.3 Å². The van der Waals surface area contributed by atoms with Gasteiger partial charge in [0.15, 0.2) is 0 Å². The Morgan fingerprint density at radius 3 is 2.40 bits per heavy atom. The number of nitrogens with one attached hydrogen (secondary N) is 1. The minimum atomic E-state index is -0.754. The molecule has 0 radical (unpaired) electrons. The van der Waals surface area contributed by atoms with Crippen LogP contribution in [-0.4, -0.2) is 17.1 Å². The zero-order valence-electron chi connectivity index (χ0n) is 19.1. The van der Waals surface area contributed by atoms with E-state index in [1.165, 1.54) is 25.3 Å². The number of aromatic amines is 1. The summed E-state index contributed by atoms with van der Waals surface area (Å²) in [5.41, 5.74) is 1.03. The summed E-state index contributed by atoms with van der Waals surface area (Å²) >= 11 is 10.4. The van der Waals surface area contributed by atoms with Gasteiger partial charge in [0.1, 0.15) is 29.0 Å². The minimum Gasteiger partial charge on any atom is -0.495 e. The van der Waals surface area contributed by atoms with Crippen LogP contribution in [0.3, 0.4) is 0 Å². The van der Waals surface area contributed by atoms with Crippen LogP contribution in [0.5, 0.6) is 5.75 Å². The number of methoxy groups -OCH3 is 1. The highest BCUT2D eigenvalue weighted by molar-refractivity contribution is 9.10. The maximum absolute atomic E-state index is 15.6. The standard InChI is InChI=1S/C26H21BrClF3N2OS/c1-26(2,14-4-5-19(28)23(8-14)34-3)18-11-16(25-32-6-7-33-25)24(12-22(18)31)35-13-17-20(29)9-15(27)10-21(17)30/h4-12H,13H2,1-3H3,(H,32,33). The molecule has 0 aliphatic heterocycles. The lowest BCUT2D eigenvalue weighted by atomic mass is 9.77. The third-order valence-electron chi connectivity index (χ3n) is 5.85. The Balaban J connectivity index is 1.77. The second-order valence-electron chi connectivity index (χ2n) is 8.38. The molecule has 0 bridgehead atoms. The summed E-state index contributed by atoms with van der Waals surface area (Å²) in [5.74, 6) is -0.782. The Bertz CT molecular complexity index is 1360. The van der Waals surface area contributed by atoms with Gasteiger partial charge in [-0.05, 0) is 47.5 Å². The molecule has 4 rings (SSSR count). The average molecular weight is 582 g/mol. The van der Waals surface area contributed by atoms with Crippen molar-refractivity contribution in [3.8, 4) is 17.1 Å². The predicted molar refractivity (Wildman–Crippen MR) is 138 cm³/mol. The zero-order chi connectivity index (χ0) is 25.3. The monoisotopic (exact) mass is 580 g/mol. The van der Waals surface area contributed by atoms with Gasteiger partial charge < -0.3 is 9.72 Å². The highest BCUT2D eigenvalue weighted by Crippen LogP contribution is 2.42. The molecule has 0 atom stereocenters. The number of aromatic nitrogens is 2. The van der Waals surface area contributed by atoms with E-state index in [-0.39, 0.29) is 11.3 Å². The number of imidazole rings is 1. The molecule has 1 aromatic heterocycles. The van der Waals surface area contributed by atoms with Crippen molar-refractivity contribution in [2.45, 2.75) is 29.9 Å². The first-order chi connectivity index (χ1) is 16.6. The molecule has 0 saturated carbocycles. The lowest BCUT2D eigenvalue weighted by Gasteiger charge is -2.28. The second kappa shape index (κ2) is 10.3. The van der Waals surface area contributed by atoms with Crippen LogP contribution in [0, 0.1) is 17.5 Å². The van der Waals surface area contributed by atoms with Gasteiger partial charge in [-0.15, -0.1) is 11.8 Å². The normalized spacial score (nSPS) is 11.7. The quantitative estimate of drug-likeness (QED) is 0.222. The van der Waals surface area contributed by atoms with Crippen molar-refractivity contribution >= 4 is 39.3 Å². The van der Waals surface area contributed by atoms with E-state index in [0.29, 0.717) is 37.1 Å². The van der Waals surface area contributed by atoms with Gasteiger partial charge in [0.25, 0.3) is 0 Å². The molecule has 35 heavy (non-hydrogen) atoms. The molecular weight excluding hydrogens is 561 g/mol. The number of nitrogens with zero attached hydrogens (tertiary/aromatic N) is 1. The van der Waals surface area contributed by atoms with Crippen LogP contribution < -0.4 is 4.74 Å². The molecule has 0 unspecified atom stereocenters. The number of halogens is 5. The molecule has 0 aliphatic rings. The van der Waals surface area contributed by atoms with Crippen molar-refractivity contribution in [3.05, 3.63) is 98.5 Å². The van der Waals surface area contributed by atoms with Crippen LogP contribution in [0.2, 0.25) is 5.02 Å². The number of hydrogen-bond donors (Lipinski definition) is 1. The third kappa shape index (κ3) is 5.25. The first-order valence-corrected chi connectivity index (χ1v) is 12.7. The predicted octanol–water partition coefficient (Wildman–Crippen LogP) is 8.54. The Morgan fingerprint density at radius 2 is 1.77 bits per heavy atom. The molecule has 0 aliphatic carbocycles. The summed E-state index contributed by atoms with van der Waals surface area (Å²) in [4.78, 5) is 7.88. The van der Waals surface area contributed by atoms with E-state index in [2.05, 4.69) is 25.9 Å². The topological polar surface area (TPSA) is 37.9 Å². The first-order valence-electron chi connectivity index (χ1n) is 10.6. The first kappa shape index (κ1) is 25.7. The van der Waals surface area contributed by atoms with Crippen LogP contribution in [-0.2, 0) is 11.2 Å². The molecular formula is C26H21BrClF3N2OS. The summed E-state index contributed by atoms with van der Waals surface area (Å²) in [6, 6.07) is 10.9. The highest BCUT2D eigenvalue weighted by Gasteiger charge is 2.29. The molecule has 1 heterocycles. The van der Waals surface area contributed by atoms with Crippen LogP contribution in [0.15, 0.2) is 64.2 Å². The Morgan fingerprint density at radius 1 is 1.06 bits per heavy atom. The number of H-pyrrole nitrogens is 1. The van der Waals surface area contributed by atoms with Crippen molar-refractivity contribution in [1.82, 2.24) is 9.97 Å². The SMILES string of the molecule is COc1cc(C(C)(C)c2cc(-c3ncc[nH]3)c(SCc3c(F)cc(Br)cc3F)cc2F)ccc1Cl. The van der Waals surface area contributed by atoms with Gasteiger partial charge in [0.2, 0.25) is 0 Å². The largest absolute Gasteiger partial charge is 0.495 e. The smallest absolute Gasteiger partial charge is 0.138 e. The third-order valence-corrected chi connectivity index (χ3v) is 7.70. The van der Waals surface area contributed by atoms with Crippen molar-refractivity contribution in [2.75, 3.05) is 7.11 Å². The van der Waals surface area contributed by atoms with Gasteiger partial charge in [-0.3, -0.25) is 0 Å². The zero-order valence-corrected chi connectivity index (χ0v) is 22.2. The fourth-order valence-corrected chi connectivity index (χ4v) is 5.49. The van der Waals surface area contributed by atoms with E-state index in [4.69, 9.17) is 16.3 Å². The van der Waals surface area contributed by atoms with Crippen LogP contribution >= 0.6 is 39.3 Å². The van der Waals surface area contributed by atoms with E-state index < -0.39 is 22.9 Å². The molecule has 9 heteroatoms. The number of hydrogen-bond acceptors (Lipinski definition) is 3. The van der Waals surface area contributed by atoms with E-state index >= 15 is 4.39 Å². The second-order valence-corrected chi connectivity index (χ2v) is 10.7. The molecule has 0 fully saturated rings. The fraction of sp³-hybridized carbons (Fsp3) is 0.192. The van der Waals surface area contributed by atoms with Crippen molar-refractivity contribution < 1.29 is 17.9 Å². The minimum absolute atomic E-state index is 0.0186. The summed E-state index contributed by atoms with van der Waals surface area (Å²) in [5, 5.41) is 0.461. The van der Waals surface area contributed by atoms with Crippen molar-refractivity contribution in [2.24, 2.45) is 0 Å². The maximum Gasteiger partial charge on any atom is 0.138 e. The summed E-state index contributed by atoms with van der Waals surface area (Å²) < 4.78 is 50.0. The van der Waals surface area contributed by atoms with Crippen molar-refractivity contribution in [3.63, 3.8) is 0 Å². The average Bonchev–Trinajstić information content (AvgIpc) is 3.33. The molecule has 3 aromatic carbocycles. The van der Waals surface area contributed by atoms with Gasteiger partial charge in [-0.25, -0.2) is 18.2 Å². The molecule has 1 N–H and O–H groups in total. The highest BCUT2D eigenvalue weighted by atomic mass is 79.9.